The number of nitrogens with zero attached hydrogens (tertiary/aromatic N) is 1. The van der Waals surface area contributed by atoms with E-state index >= 15 is 0 Å². The van der Waals surface area contributed by atoms with Gasteiger partial charge in [0, 0.05) is 6.21 Å². The Kier molecular flexibility index (Phi) is 5.27. The third kappa shape index (κ3) is 3.58. The second-order valence-electron chi connectivity index (χ2n) is 4.77. The highest BCUT2D eigenvalue weighted by Crippen LogP contribution is 2.22. The van der Waals surface area contributed by atoms with Gasteiger partial charge in [0.25, 0.3) is 0 Å². The topological polar surface area (TPSA) is 112 Å². The minimum Gasteiger partial charge on any atom is -0.497 e. The quantitative estimate of drug-likeness (QED) is 0.526. The predicted molar refractivity (Wildman–Crippen MR) is 74.4 cm³/mol. The molecule has 0 unspecified atom stereocenters. The highest BCUT2D eigenvalue weighted by Gasteiger charge is 2.43. The molecule has 0 bridgehead atoms. The van der Waals surface area contributed by atoms with Crippen molar-refractivity contribution in [2.75, 3.05) is 13.7 Å². The van der Waals surface area contributed by atoms with Gasteiger partial charge in [0.2, 0.25) is 0 Å². The van der Waals surface area contributed by atoms with Crippen molar-refractivity contribution in [3.05, 3.63) is 29.8 Å². The van der Waals surface area contributed by atoms with Crippen LogP contribution in [-0.2, 0) is 4.74 Å². The first-order valence-electron chi connectivity index (χ1n) is 6.54. The number of aliphatic hydroxyl groups is 4. The summed E-state index contributed by atoms with van der Waals surface area (Å²) in [5.74, 6) is 0.703. The Morgan fingerprint density at radius 2 is 1.86 bits per heavy atom. The zero-order chi connectivity index (χ0) is 15.4. The number of aliphatic imine (C=N–C) groups is 1. The Morgan fingerprint density at radius 1 is 1.19 bits per heavy atom. The van der Waals surface area contributed by atoms with Crippen LogP contribution in [-0.4, -0.2) is 71.0 Å². The number of benzene rings is 1. The van der Waals surface area contributed by atoms with Crippen molar-refractivity contribution in [1.82, 2.24) is 0 Å². The van der Waals surface area contributed by atoms with Crippen molar-refractivity contribution in [2.45, 2.75) is 30.6 Å². The Balaban J connectivity index is 2.08. The van der Waals surface area contributed by atoms with E-state index < -0.39 is 37.3 Å². The first-order valence-corrected chi connectivity index (χ1v) is 6.54. The summed E-state index contributed by atoms with van der Waals surface area (Å²) in [7, 11) is 1.56. The van der Waals surface area contributed by atoms with Crippen molar-refractivity contribution in [3.63, 3.8) is 0 Å². The van der Waals surface area contributed by atoms with Gasteiger partial charge in [-0.25, -0.2) is 0 Å². The number of ether oxygens (including phenoxy) is 2. The molecule has 1 aliphatic rings. The van der Waals surface area contributed by atoms with Crippen LogP contribution in [0.15, 0.2) is 29.3 Å². The number of rotatable bonds is 4. The number of hydrogen-bond acceptors (Lipinski definition) is 7. The van der Waals surface area contributed by atoms with E-state index in [1.807, 2.05) is 0 Å². The third-order valence-electron chi connectivity index (χ3n) is 3.38. The van der Waals surface area contributed by atoms with Crippen LogP contribution in [0.25, 0.3) is 0 Å². The van der Waals surface area contributed by atoms with Gasteiger partial charge in [-0.15, -0.1) is 0 Å². The van der Waals surface area contributed by atoms with Crippen molar-refractivity contribution < 1.29 is 29.9 Å². The summed E-state index contributed by atoms with van der Waals surface area (Å²) in [6, 6.07) is 6.00. The summed E-state index contributed by atoms with van der Waals surface area (Å²) in [4.78, 5) is 4.06. The zero-order valence-corrected chi connectivity index (χ0v) is 11.5. The van der Waals surface area contributed by atoms with E-state index in [4.69, 9.17) is 14.6 Å². The SMILES string of the molecule is COc1ccc(C=N[C@H]2[C@H](O)[C@H](O)[C@H](CO)O[C@@H]2O)cc1. The van der Waals surface area contributed by atoms with Crippen molar-refractivity contribution in [3.8, 4) is 5.75 Å². The molecule has 2 rings (SSSR count). The van der Waals surface area contributed by atoms with Crippen molar-refractivity contribution >= 4 is 6.21 Å². The Labute approximate surface area is 122 Å². The van der Waals surface area contributed by atoms with Gasteiger partial charge in [-0.2, -0.15) is 0 Å². The molecule has 7 nitrogen and oxygen atoms in total. The van der Waals surface area contributed by atoms with E-state index in [0.717, 1.165) is 5.56 Å². The van der Waals surface area contributed by atoms with E-state index in [1.165, 1.54) is 6.21 Å². The summed E-state index contributed by atoms with van der Waals surface area (Å²) in [6.07, 6.45) is -3.58. The average molecular weight is 297 g/mol. The molecule has 21 heavy (non-hydrogen) atoms. The molecule has 0 aliphatic carbocycles. The summed E-state index contributed by atoms with van der Waals surface area (Å²) < 4.78 is 10.1. The van der Waals surface area contributed by atoms with E-state index in [0.29, 0.717) is 5.75 Å². The average Bonchev–Trinajstić information content (AvgIpc) is 2.51. The largest absolute Gasteiger partial charge is 0.497 e. The number of hydrogen-bond donors (Lipinski definition) is 4. The molecule has 0 radical (unpaired) electrons. The fourth-order valence-corrected chi connectivity index (χ4v) is 2.11. The van der Waals surface area contributed by atoms with Crippen LogP contribution in [0.1, 0.15) is 5.56 Å². The molecule has 0 saturated carbocycles. The van der Waals surface area contributed by atoms with Gasteiger partial charge in [-0.3, -0.25) is 4.99 Å². The standard InChI is InChI=1S/C14H19NO6/c1-20-9-4-2-8(3-5-9)6-15-11-13(18)12(17)10(7-16)21-14(11)19/h2-6,10-14,16-19H,7H2,1H3/t10-,11-,12+,13-,14-/m0/s1. The summed E-state index contributed by atoms with van der Waals surface area (Å²) in [5.41, 5.74) is 0.744. The fourth-order valence-electron chi connectivity index (χ4n) is 2.11. The molecule has 0 spiro atoms. The first-order chi connectivity index (χ1) is 10.1. The molecule has 1 fully saturated rings. The van der Waals surface area contributed by atoms with Crippen LogP contribution in [0, 0.1) is 0 Å². The van der Waals surface area contributed by atoms with Crippen LogP contribution in [0.3, 0.4) is 0 Å². The van der Waals surface area contributed by atoms with Gasteiger partial charge in [0.15, 0.2) is 6.29 Å². The molecule has 0 amide bonds. The lowest BCUT2D eigenvalue weighted by molar-refractivity contribution is -0.248. The molecule has 1 heterocycles. The maximum absolute atomic E-state index is 9.93. The highest BCUT2D eigenvalue weighted by molar-refractivity contribution is 5.79. The molecule has 1 aromatic carbocycles. The number of aliphatic hydroxyl groups excluding tert-OH is 4. The van der Waals surface area contributed by atoms with E-state index in [-0.39, 0.29) is 0 Å². The van der Waals surface area contributed by atoms with Crippen LogP contribution in [0.5, 0.6) is 5.75 Å². The van der Waals surface area contributed by atoms with E-state index in [9.17, 15) is 15.3 Å². The second-order valence-corrected chi connectivity index (χ2v) is 4.77. The monoisotopic (exact) mass is 297 g/mol. The Morgan fingerprint density at radius 3 is 2.43 bits per heavy atom. The smallest absolute Gasteiger partial charge is 0.180 e. The van der Waals surface area contributed by atoms with Gasteiger partial charge in [0.05, 0.1) is 13.7 Å². The molecule has 1 aliphatic heterocycles. The predicted octanol–water partition coefficient (Wildman–Crippen LogP) is -1.09. The Bertz CT molecular complexity index is 477. The van der Waals surface area contributed by atoms with E-state index in [2.05, 4.69) is 4.99 Å². The van der Waals surface area contributed by atoms with Crippen LogP contribution < -0.4 is 4.74 Å². The fraction of sp³-hybridized carbons (Fsp3) is 0.500. The van der Waals surface area contributed by atoms with Crippen molar-refractivity contribution in [1.29, 1.82) is 0 Å². The summed E-state index contributed by atoms with van der Waals surface area (Å²) in [5, 5.41) is 38.5. The van der Waals surface area contributed by atoms with Crippen LogP contribution >= 0.6 is 0 Å². The number of methoxy groups -OCH3 is 1. The molecule has 5 atom stereocenters. The maximum atomic E-state index is 9.93. The third-order valence-corrected chi connectivity index (χ3v) is 3.38. The molecular weight excluding hydrogens is 278 g/mol. The second kappa shape index (κ2) is 6.97. The van der Waals surface area contributed by atoms with Gasteiger partial charge in [-0.1, -0.05) is 0 Å². The molecule has 1 saturated heterocycles. The lowest BCUT2D eigenvalue weighted by Gasteiger charge is -2.38. The van der Waals surface area contributed by atoms with Crippen molar-refractivity contribution in [2.24, 2.45) is 4.99 Å². The van der Waals surface area contributed by atoms with E-state index in [1.54, 1.807) is 31.4 Å². The molecule has 4 N–H and O–H groups in total. The van der Waals surface area contributed by atoms with Gasteiger partial charge in [0.1, 0.15) is 30.1 Å². The summed E-state index contributed by atoms with van der Waals surface area (Å²) in [6.45, 7) is -0.496. The lowest BCUT2D eigenvalue weighted by Crippen LogP contribution is -2.57. The molecular formula is C14H19NO6. The normalized spacial score (nSPS) is 33.3. The lowest BCUT2D eigenvalue weighted by atomic mass is 9.97. The summed E-state index contributed by atoms with van der Waals surface area (Å²) >= 11 is 0. The van der Waals surface area contributed by atoms with Crippen LogP contribution in [0.4, 0.5) is 0 Å². The minimum absolute atomic E-state index is 0.496. The first kappa shape index (κ1) is 15.9. The van der Waals surface area contributed by atoms with Gasteiger partial charge in [-0.05, 0) is 29.8 Å². The van der Waals surface area contributed by atoms with Gasteiger partial charge < -0.3 is 29.9 Å². The molecule has 0 aromatic heterocycles. The molecule has 7 heteroatoms. The molecule has 1 aromatic rings. The minimum atomic E-state index is -1.39. The highest BCUT2D eigenvalue weighted by atomic mass is 16.6. The zero-order valence-electron chi connectivity index (χ0n) is 11.5. The maximum Gasteiger partial charge on any atom is 0.180 e. The Hall–Kier alpha value is -1.51. The van der Waals surface area contributed by atoms with Crippen LogP contribution in [0.2, 0.25) is 0 Å². The van der Waals surface area contributed by atoms with Gasteiger partial charge >= 0.3 is 0 Å². The molecule has 116 valence electrons.